The number of amides is 1. The normalized spacial score (nSPS) is 20.3. The van der Waals surface area contributed by atoms with Gasteiger partial charge in [0.1, 0.15) is 0 Å². The lowest BCUT2D eigenvalue weighted by Gasteiger charge is -2.14. The molecule has 0 saturated carbocycles. The smallest absolute Gasteiger partial charge is 0.233 e. The van der Waals surface area contributed by atoms with Gasteiger partial charge in [0.2, 0.25) is 5.91 Å². The van der Waals surface area contributed by atoms with Gasteiger partial charge < -0.3 is 10.3 Å². The zero-order valence-corrected chi connectivity index (χ0v) is 16.7. The van der Waals surface area contributed by atoms with Crippen LogP contribution < -0.4 is 5.32 Å². The van der Waals surface area contributed by atoms with Crippen molar-refractivity contribution >= 4 is 43.4 Å². The molecule has 0 radical (unpaired) electrons. The third kappa shape index (κ3) is 4.86. The summed E-state index contributed by atoms with van der Waals surface area (Å²) in [5.74, 6) is 0.00686. The van der Waals surface area contributed by atoms with E-state index in [2.05, 4.69) is 31.2 Å². The van der Waals surface area contributed by atoms with Crippen molar-refractivity contribution < 1.29 is 13.2 Å². The van der Waals surface area contributed by atoms with Crippen LogP contribution in [-0.2, 0) is 14.6 Å². The van der Waals surface area contributed by atoms with Crippen LogP contribution in [0.4, 0.5) is 0 Å². The second-order valence-corrected chi connectivity index (χ2v) is 10.5. The molecule has 1 aliphatic rings. The number of hydrogen-bond acceptors (Lipinski definition) is 5. The first-order valence-corrected chi connectivity index (χ1v) is 11.3. The summed E-state index contributed by atoms with van der Waals surface area (Å²) in [6.07, 6.45) is 2.22. The van der Waals surface area contributed by atoms with Crippen LogP contribution in [0.15, 0.2) is 40.1 Å². The van der Waals surface area contributed by atoms with Crippen molar-refractivity contribution in [1.82, 2.24) is 15.3 Å². The molecule has 3 rings (SSSR count). The summed E-state index contributed by atoms with van der Waals surface area (Å²) in [4.78, 5) is 19.8. The van der Waals surface area contributed by atoms with Crippen molar-refractivity contribution in [2.75, 3.05) is 11.5 Å². The Morgan fingerprint density at radius 2 is 2.12 bits per heavy atom. The first kappa shape index (κ1) is 18.5. The molecular weight excluding hydrogens is 426 g/mol. The van der Waals surface area contributed by atoms with Gasteiger partial charge in [0.15, 0.2) is 15.0 Å². The van der Waals surface area contributed by atoms with Crippen molar-refractivity contribution in [3.63, 3.8) is 0 Å². The largest absolute Gasteiger partial charge is 0.351 e. The van der Waals surface area contributed by atoms with E-state index < -0.39 is 9.84 Å². The summed E-state index contributed by atoms with van der Waals surface area (Å²) < 4.78 is 23.9. The van der Waals surface area contributed by atoms with Crippen LogP contribution in [0.1, 0.15) is 13.3 Å². The van der Waals surface area contributed by atoms with Crippen LogP contribution in [0.5, 0.6) is 0 Å². The molecule has 1 fully saturated rings. The summed E-state index contributed by atoms with van der Waals surface area (Å²) in [5, 5.41) is 3.10. The minimum atomic E-state index is -3.00. The standard InChI is InChI=1S/C16H18BrN3O3S2/c1-10(15(21)19-13-6-7-25(22,23)9-13)24-16-18-8-14(20-16)11-2-4-12(17)5-3-11/h2-5,8,10,13H,6-7,9H2,1H3,(H,18,20)(H,19,21)/t10-,13-/m1/s1. The lowest BCUT2D eigenvalue weighted by atomic mass is 10.2. The fraction of sp³-hybridized carbons (Fsp3) is 0.375. The fourth-order valence-corrected chi connectivity index (χ4v) is 5.32. The number of hydrogen-bond donors (Lipinski definition) is 2. The van der Waals surface area contributed by atoms with Crippen LogP contribution >= 0.6 is 27.7 Å². The summed E-state index contributed by atoms with van der Waals surface area (Å²) in [6.45, 7) is 1.78. The molecule has 0 aliphatic carbocycles. The summed E-state index contributed by atoms with van der Waals surface area (Å²) in [5.41, 5.74) is 1.89. The number of thioether (sulfide) groups is 1. The molecule has 0 spiro atoms. The van der Waals surface area contributed by atoms with E-state index in [1.807, 2.05) is 24.3 Å². The highest BCUT2D eigenvalue weighted by Gasteiger charge is 2.30. The maximum Gasteiger partial charge on any atom is 0.233 e. The maximum atomic E-state index is 12.3. The molecule has 6 nitrogen and oxygen atoms in total. The number of imidazole rings is 1. The number of rotatable bonds is 5. The first-order chi connectivity index (χ1) is 11.8. The van der Waals surface area contributed by atoms with Gasteiger partial charge in [-0.25, -0.2) is 13.4 Å². The van der Waals surface area contributed by atoms with E-state index in [0.717, 1.165) is 15.7 Å². The number of halogens is 1. The van der Waals surface area contributed by atoms with Crippen molar-refractivity contribution in [3.8, 4) is 11.3 Å². The van der Waals surface area contributed by atoms with Crippen LogP contribution in [0, 0.1) is 0 Å². The van der Waals surface area contributed by atoms with Crippen molar-refractivity contribution in [3.05, 3.63) is 34.9 Å². The van der Waals surface area contributed by atoms with Crippen LogP contribution in [-0.4, -0.2) is 47.1 Å². The van der Waals surface area contributed by atoms with Crippen molar-refractivity contribution in [2.24, 2.45) is 0 Å². The van der Waals surface area contributed by atoms with Gasteiger partial charge >= 0.3 is 0 Å². The van der Waals surface area contributed by atoms with Crippen molar-refractivity contribution in [1.29, 1.82) is 0 Å². The number of aromatic amines is 1. The molecule has 1 aliphatic heterocycles. The number of aromatic nitrogens is 2. The molecule has 0 unspecified atom stereocenters. The van der Waals surface area contributed by atoms with Gasteiger partial charge in [0.05, 0.1) is 28.6 Å². The predicted molar refractivity (Wildman–Crippen MR) is 102 cm³/mol. The molecule has 2 atom stereocenters. The van der Waals surface area contributed by atoms with Crippen molar-refractivity contribution in [2.45, 2.75) is 29.8 Å². The summed E-state index contributed by atoms with van der Waals surface area (Å²) in [6, 6.07) is 7.57. The average Bonchev–Trinajstić information content (AvgIpc) is 3.14. The fourth-order valence-electron chi connectivity index (χ4n) is 2.59. The molecule has 25 heavy (non-hydrogen) atoms. The Kier molecular flexibility index (Phi) is 5.55. The van der Waals surface area contributed by atoms with Crippen LogP contribution in [0.25, 0.3) is 11.3 Å². The maximum absolute atomic E-state index is 12.3. The lowest BCUT2D eigenvalue weighted by molar-refractivity contribution is -0.120. The molecule has 1 amide bonds. The molecule has 9 heteroatoms. The van der Waals surface area contributed by atoms with Gasteiger partial charge in [-0.15, -0.1) is 0 Å². The van der Waals surface area contributed by atoms with Crippen LogP contribution in [0.3, 0.4) is 0 Å². The zero-order valence-electron chi connectivity index (χ0n) is 13.5. The minimum absolute atomic E-state index is 0.0323. The Balaban J connectivity index is 1.58. The van der Waals surface area contributed by atoms with Crippen LogP contribution in [0.2, 0.25) is 0 Å². The van der Waals surface area contributed by atoms with E-state index in [1.165, 1.54) is 11.8 Å². The molecule has 1 saturated heterocycles. The van der Waals surface area contributed by atoms with E-state index in [-0.39, 0.29) is 28.7 Å². The second-order valence-electron chi connectivity index (χ2n) is 5.98. The number of nitrogens with zero attached hydrogens (tertiary/aromatic N) is 1. The number of sulfone groups is 1. The van der Waals surface area contributed by atoms with E-state index >= 15 is 0 Å². The molecule has 1 aromatic heterocycles. The van der Waals surface area contributed by atoms with E-state index in [1.54, 1.807) is 13.1 Å². The number of H-pyrrole nitrogens is 1. The van der Waals surface area contributed by atoms with Gasteiger partial charge in [0, 0.05) is 10.5 Å². The highest BCUT2D eigenvalue weighted by Crippen LogP contribution is 2.25. The van der Waals surface area contributed by atoms with E-state index in [0.29, 0.717) is 11.6 Å². The molecule has 2 aromatic rings. The quantitative estimate of drug-likeness (QED) is 0.692. The number of nitrogens with one attached hydrogen (secondary N) is 2. The SMILES string of the molecule is C[C@@H](Sc1ncc(-c2ccc(Br)cc2)[nH]1)C(=O)N[C@@H]1CCS(=O)(=O)C1. The monoisotopic (exact) mass is 443 g/mol. The van der Waals surface area contributed by atoms with Gasteiger partial charge in [-0.05, 0) is 31.0 Å². The molecule has 134 valence electrons. The summed E-state index contributed by atoms with van der Waals surface area (Å²) in [7, 11) is -3.00. The van der Waals surface area contributed by atoms with Gasteiger partial charge in [-0.3, -0.25) is 4.79 Å². The van der Waals surface area contributed by atoms with Gasteiger partial charge in [-0.1, -0.05) is 39.8 Å². The highest BCUT2D eigenvalue weighted by molar-refractivity contribution is 9.10. The Labute approximate surface area is 159 Å². The van der Waals surface area contributed by atoms with Gasteiger partial charge in [0.25, 0.3) is 0 Å². The topological polar surface area (TPSA) is 91.9 Å². The molecule has 1 aromatic carbocycles. The Hall–Kier alpha value is -1.32. The molecule has 2 N–H and O–H groups in total. The summed E-state index contributed by atoms with van der Waals surface area (Å²) >= 11 is 4.72. The van der Waals surface area contributed by atoms with E-state index in [4.69, 9.17) is 0 Å². The molecule has 0 bridgehead atoms. The van der Waals surface area contributed by atoms with Gasteiger partial charge in [-0.2, -0.15) is 0 Å². The minimum Gasteiger partial charge on any atom is -0.351 e. The predicted octanol–water partition coefficient (Wildman–Crippen LogP) is 2.62. The second kappa shape index (κ2) is 7.51. The third-order valence-corrected chi connectivity index (χ3v) is 7.24. The average molecular weight is 444 g/mol. The van der Waals surface area contributed by atoms with E-state index in [9.17, 15) is 13.2 Å². The Bertz CT molecular complexity index is 865. The molecule has 2 heterocycles. The Morgan fingerprint density at radius 1 is 1.40 bits per heavy atom. The first-order valence-electron chi connectivity index (χ1n) is 7.81. The third-order valence-electron chi connectivity index (χ3n) is 3.94. The number of benzene rings is 1. The Morgan fingerprint density at radius 3 is 2.76 bits per heavy atom. The number of carbonyl (C=O) groups is 1. The molecular formula is C16H18BrN3O3S2. The highest BCUT2D eigenvalue weighted by atomic mass is 79.9. The number of carbonyl (C=O) groups excluding carboxylic acids is 1. The lowest BCUT2D eigenvalue weighted by Crippen LogP contribution is -2.39. The zero-order chi connectivity index (χ0) is 18.0.